The van der Waals surface area contributed by atoms with E-state index in [0.29, 0.717) is 5.76 Å². The number of aromatic nitrogens is 3. The Morgan fingerprint density at radius 2 is 1.94 bits per heavy atom. The molecule has 8 heteroatoms. The van der Waals surface area contributed by atoms with Crippen molar-refractivity contribution in [3.8, 4) is 22.6 Å². The number of nitrogens with two attached hydrogens (primary N) is 1. The van der Waals surface area contributed by atoms with Crippen molar-refractivity contribution < 1.29 is 9.32 Å². The highest BCUT2D eigenvalue weighted by Crippen LogP contribution is 2.33. The number of anilines is 2. The summed E-state index contributed by atoms with van der Waals surface area (Å²) < 4.78 is 5.75. The van der Waals surface area contributed by atoms with Crippen LogP contribution in [0.3, 0.4) is 0 Å². The van der Waals surface area contributed by atoms with Crippen molar-refractivity contribution in [1.82, 2.24) is 20.0 Å². The van der Waals surface area contributed by atoms with Crippen molar-refractivity contribution in [1.29, 1.82) is 0 Å². The lowest BCUT2D eigenvalue weighted by Crippen LogP contribution is -2.33. The number of rotatable bonds is 3. The Hall–Kier alpha value is -3.94. The molecule has 32 heavy (non-hydrogen) atoms. The first-order chi connectivity index (χ1) is 15.6. The van der Waals surface area contributed by atoms with E-state index in [1.165, 1.54) is 0 Å². The van der Waals surface area contributed by atoms with E-state index in [-0.39, 0.29) is 11.9 Å². The molecule has 4 aromatic rings. The van der Waals surface area contributed by atoms with E-state index in [2.05, 4.69) is 32.2 Å². The molecular weight excluding hydrogens is 404 g/mol. The van der Waals surface area contributed by atoms with E-state index >= 15 is 0 Å². The normalized spacial score (nSPS) is 14.5. The molecule has 3 heterocycles. The van der Waals surface area contributed by atoms with Crippen LogP contribution in [0.15, 0.2) is 59.3 Å². The van der Waals surface area contributed by atoms with Gasteiger partial charge in [0.05, 0.1) is 11.1 Å². The van der Waals surface area contributed by atoms with E-state index in [1.807, 2.05) is 41.3 Å². The number of benzene rings is 2. The van der Waals surface area contributed by atoms with E-state index in [4.69, 9.17) is 10.3 Å². The van der Waals surface area contributed by atoms with Gasteiger partial charge in [-0.2, -0.15) is 0 Å². The molecule has 0 unspecified atom stereocenters. The lowest BCUT2D eigenvalue weighted by Gasteiger charge is -2.23. The fraction of sp³-hybridized carbons (Fsp3) is 0.250. The van der Waals surface area contributed by atoms with Gasteiger partial charge in [0.15, 0.2) is 5.76 Å². The van der Waals surface area contributed by atoms with Gasteiger partial charge in [0.2, 0.25) is 11.9 Å². The summed E-state index contributed by atoms with van der Waals surface area (Å²) in [5, 5.41) is 5.16. The van der Waals surface area contributed by atoms with Crippen LogP contribution in [0, 0.1) is 0 Å². The summed E-state index contributed by atoms with van der Waals surface area (Å²) in [5.41, 5.74) is 10.3. The van der Waals surface area contributed by atoms with Gasteiger partial charge in [-0.1, -0.05) is 23.4 Å². The summed E-state index contributed by atoms with van der Waals surface area (Å²) in [4.78, 5) is 24.3. The van der Waals surface area contributed by atoms with Crippen molar-refractivity contribution in [2.45, 2.75) is 13.3 Å². The Kier molecular flexibility index (Phi) is 5.18. The second kappa shape index (κ2) is 8.30. The molecule has 1 fully saturated rings. The van der Waals surface area contributed by atoms with Gasteiger partial charge in [0.1, 0.15) is 5.52 Å². The number of nitrogen functional groups attached to an aromatic ring is 1. The first-order valence-corrected chi connectivity index (χ1v) is 10.7. The van der Waals surface area contributed by atoms with Crippen LogP contribution in [-0.4, -0.2) is 52.1 Å². The lowest BCUT2D eigenvalue weighted by atomic mass is 10.0. The van der Waals surface area contributed by atoms with Crippen LogP contribution in [0.25, 0.3) is 33.5 Å². The maximum absolute atomic E-state index is 11.8. The predicted molar refractivity (Wildman–Crippen MR) is 124 cm³/mol. The minimum Gasteiger partial charge on any atom is -0.370 e. The minimum atomic E-state index is 0.134. The largest absolute Gasteiger partial charge is 0.370 e. The SMILES string of the molecule is CC(=O)N1CCCN(c2cccc(-c3onc4ccc(-c5ccnc(N)n5)cc34)c2)CC1. The molecule has 1 aliphatic rings. The Morgan fingerprint density at radius 1 is 1.03 bits per heavy atom. The highest BCUT2D eigenvalue weighted by atomic mass is 16.5. The predicted octanol–water partition coefficient (Wildman–Crippen LogP) is 3.59. The van der Waals surface area contributed by atoms with E-state index < -0.39 is 0 Å². The molecule has 0 aliphatic carbocycles. The maximum atomic E-state index is 11.8. The van der Waals surface area contributed by atoms with Crippen molar-refractivity contribution >= 4 is 28.4 Å². The zero-order valence-electron chi connectivity index (χ0n) is 17.9. The number of nitrogens with zero attached hydrogens (tertiary/aromatic N) is 5. The summed E-state index contributed by atoms with van der Waals surface area (Å²) in [6, 6.07) is 16.0. The monoisotopic (exact) mass is 428 g/mol. The number of carbonyl (C=O) groups is 1. The molecule has 2 N–H and O–H groups in total. The van der Waals surface area contributed by atoms with Gasteiger partial charge in [-0.3, -0.25) is 4.79 Å². The van der Waals surface area contributed by atoms with Crippen LogP contribution in [0.4, 0.5) is 11.6 Å². The fourth-order valence-electron chi connectivity index (χ4n) is 4.18. The van der Waals surface area contributed by atoms with Crippen molar-refractivity contribution in [3.05, 3.63) is 54.7 Å². The second-order valence-electron chi connectivity index (χ2n) is 7.94. The fourth-order valence-corrected chi connectivity index (χ4v) is 4.18. The third-order valence-electron chi connectivity index (χ3n) is 5.86. The van der Waals surface area contributed by atoms with Crippen molar-refractivity contribution in [2.24, 2.45) is 0 Å². The zero-order valence-corrected chi connectivity index (χ0v) is 17.9. The standard InChI is InChI=1S/C24H24N6O2/c1-16(31)29-10-3-11-30(13-12-29)19-5-2-4-18(14-19)23-20-15-17(6-7-22(20)28-32-23)21-8-9-26-24(25)27-21/h2,4-9,14-15H,3,10-13H2,1H3,(H2,25,26,27). The van der Waals surface area contributed by atoms with Crippen LogP contribution in [-0.2, 0) is 4.79 Å². The van der Waals surface area contributed by atoms with Crippen LogP contribution in [0.5, 0.6) is 0 Å². The summed E-state index contributed by atoms with van der Waals surface area (Å²) in [6.07, 6.45) is 2.59. The molecule has 8 nitrogen and oxygen atoms in total. The average Bonchev–Trinajstić information content (AvgIpc) is 3.06. The summed E-state index contributed by atoms with van der Waals surface area (Å²) in [7, 11) is 0. The molecule has 0 saturated carbocycles. The molecule has 0 atom stereocenters. The maximum Gasteiger partial charge on any atom is 0.220 e. The summed E-state index contributed by atoms with van der Waals surface area (Å²) in [5.74, 6) is 1.09. The van der Waals surface area contributed by atoms with Gasteiger partial charge >= 0.3 is 0 Å². The van der Waals surface area contributed by atoms with Crippen LogP contribution in [0.2, 0.25) is 0 Å². The molecule has 0 radical (unpaired) electrons. The Balaban J connectivity index is 1.48. The third kappa shape index (κ3) is 3.87. The van der Waals surface area contributed by atoms with Crippen LogP contribution >= 0.6 is 0 Å². The third-order valence-corrected chi connectivity index (χ3v) is 5.86. The molecular formula is C24H24N6O2. The Labute approximate surface area is 185 Å². The van der Waals surface area contributed by atoms with E-state index in [0.717, 1.165) is 66.0 Å². The first-order valence-electron chi connectivity index (χ1n) is 10.7. The smallest absolute Gasteiger partial charge is 0.220 e. The highest BCUT2D eigenvalue weighted by molar-refractivity contribution is 5.94. The number of hydrogen-bond acceptors (Lipinski definition) is 7. The van der Waals surface area contributed by atoms with Gasteiger partial charge < -0.3 is 20.1 Å². The quantitative estimate of drug-likeness (QED) is 0.532. The van der Waals surface area contributed by atoms with Gasteiger partial charge in [-0.25, -0.2) is 9.97 Å². The molecule has 0 bridgehead atoms. The van der Waals surface area contributed by atoms with Gasteiger partial charge in [0, 0.05) is 56.1 Å². The van der Waals surface area contributed by atoms with Gasteiger partial charge in [-0.15, -0.1) is 0 Å². The van der Waals surface area contributed by atoms with Crippen LogP contribution in [0.1, 0.15) is 13.3 Å². The topological polar surface area (TPSA) is 101 Å². The van der Waals surface area contributed by atoms with E-state index in [9.17, 15) is 4.79 Å². The van der Waals surface area contributed by atoms with Gasteiger partial charge in [-0.05, 0) is 36.8 Å². The minimum absolute atomic E-state index is 0.134. The molecule has 1 aliphatic heterocycles. The number of hydrogen-bond donors (Lipinski definition) is 1. The molecule has 1 amide bonds. The highest BCUT2D eigenvalue weighted by Gasteiger charge is 2.18. The molecule has 5 rings (SSSR count). The molecule has 0 spiro atoms. The Bertz CT molecular complexity index is 1280. The molecule has 162 valence electrons. The van der Waals surface area contributed by atoms with Crippen molar-refractivity contribution in [3.63, 3.8) is 0 Å². The number of carbonyl (C=O) groups excluding carboxylic acids is 1. The number of fused-ring (bicyclic) bond motifs is 1. The van der Waals surface area contributed by atoms with Gasteiger partial charge in [0.25, 0.3) is 0 Å². The number of amides is 1. The van der Waals surface area contributed by atoms with Crippen molar-refractivity contribution in [2.75, 3.05) is 36.8 Å². The lowest BCUT2D eigenvalue weighted by molar-refractivity contribution is -0.128. The summed E-state index contributed by atoms with van der Waals surface area (Å²) >= 11 is 0. The first kappa shape index (κ1) is 20.0. The van der Waals surface area contributed by atoms with E-state index in [1.54, 1.807) is 13.1 Å². The zero-order chi connectivity index (χ0) is 22.1. The Morgan fingerprint density at radius 3 is 2.78 bits per heavy atom. The summed E-state index contributed by atoms with van der Waals surface area (Å²) in [6.45, 7) is 4.88. The van der Waals surface area contributed by atoms with Crippen LogP contribution < -0.4 is 10.6 Å². The average molecular weight is 428 g/mol. The molecule has 2 aromatic heterocycles. The second-order valence-corrected chi connectivity index (χ2v) is 7.94. The molecule has 2 aromatic carbocycles. The molecule has 1 saturated heterocycles.